The maximum absolute atomic E-state index is 11.7. The molecule has 3 aromatic carbocycles. The Morgan fingerprint density at radius 2 is 1.71 bits per heavy atom. The molecule has 158 valence electrons. The summed E-state index contributed by atoms with van der Waals surface area (Å²) in [6.45, 7) is 4.31. The Morgan fingerprint density at radius 1 is 0.968 bits per heavy atom. The Hall–Kier alpha value is -3.40. The van der Waals surface area contributed by atoms with Gasteiger partial charge in [0.05, 0.1) is 23.7 Å². The van der Waals surface area contributed by atoms with Gasteiger partial charge >= 0.3 is 5.97 Å². The summed E-state index contributed by atoms with van der Waals surface area (Å²) in [5, 5.41) is 0. The first-order chi connectivity index (χ1) is 15.0. The van der Waals surface area contributed by atoms with Gasteiger partial charge in [0.2, 0.25) is 0 Å². The van der Waals surface area contributed by atoms with Crippen molar-refractivity contribution in [2.24, 2.45) is 0 Å². The lowest BCUT2D eigenvalue weighted by atomic mass is 9.95. The van der Waals surface area contributed by atoms with Gasteiger partial charge in [-0.15, -0.1) is 0 Å². The molecule has 0 saturated heterocycles. The van der Waals surface area contributed by atoms with Gasteiger partial charge in [-0.25, -0.2) is 9.78 Å². The van der Waals surface area contributed by atoms with E-state index in [4.69, 9.17) is 9.72 Å². The number of nitrogens with one attached hydrogen (secondary N) is 1. The Kier molecular flexibility index (Phi) is 6.17. The third kappa shape index (κ3) is 4.69. The summed E-state index contributed by atoms with van der Waals surface area (Å²) in [7, 11) is 1.40. The van der Waals surface area contributed by atoms with Gasteiger partial charge in [-0.2, -0.15) is 0 Å². The fourth-order valence-electron chi connectivity index (χ4n) is 4.03. The number of carbonyl (C=O) groups is 1. The van der Waals surface area contributed by atoms with Crippen LogP contribution >= 0.6 is 0 Å². The van der Waals surface area contributed by atoms with Gasteiger partial charge in [-0.05, 0) is 79.1 Å². The van der Waals surface area contributed by atoms with Crippen LogP contribution in [0.4, 0.5) is 0 Å². The molecule has 4 rings (SSSR count). The van der Waals surface area contributed by atoms with Gasteiger partial charge in [-0.1, -0.05) is 42.5 Å². The molecule has 4 heteroatoms. The number of nitrogens with zero attached hydrogens (tertiary/aromatic N) is 1. The van der Waals surface area contributed by atoms with Crippen LogP contribution in [-0.4, -0.2) is 23.0 Å². The van der Waals surface area contributed by atoms with E-state index >= 15 is 0 Å². The second-order valence-corrected chi connectivity index (χ2v) is 8.08. The smallest absolute Gasteiger partial charge is 0.337 e. The highest BCUT2D eigenvalue weighted by molar-refractivity contribution is 5.89. The van der Waals surface area contributed by atoms with E-state index in [9.17, 15) is 4.79 Å². The second kappa shape index (κ2) is 9.17. The number of aromatic amines is 1. The van der Waals surface area contributed by atoms with Crippen LogP contribution in [-0.2, 0) is 24.0 Å². The number of hydrogen-bond acceptors (Lipinski definition) is 3. The quantitative estimate of drug-likeness (QED) is 0.394. The van der Waals surface area contributed by atoms with Crippen molar-refractivity contribution in [3.05, 3.63) is 99.9 Å². The van der Waals surface area contributed by atoms with E-state index in [1.54, 1.807) is 0 Å². The van der Waals surface area contributed by atoms with Crippen molar-refractivity contribution in [2.45, 2.75) is 39.5 Å². The van der Waals surface area contributed by atoms with Crippen LogP contribution in [0.25, 0.3) is 11.0 Å². The molecular formula is C27H28N2O2. The monoisotopic (exact) mass is 412 g/mol. The highest BCUT2D eigenvalue weighted by atomic mass is 16.5. The van der Waals surface area contributed by atoms with Crippen molar-refractivity contribution in [3.8, 4) is 0 Å². The summed E-state index contributed by atoms with van der Waals surface area (Å²) in [6, 6.07) is 20.4. The van der Waals surface area contributed by atoms with Gasteiger partial charge in [0.1, 0.15) is 5.82 Å². The number of fused-ring (bicyclic) bond motifs is 1. The number of imidazole rings is 1. The van der Waals surface area contributed by atoms with Gasteiger partial charge in [-0.3, -0.25) is 0 Å². The number of methoxy groups -OCH3 is 1. The summed E-state index contributed by atoms with van der Waals surface area (Å²) in [4.78, 5) is 20.2. The van der Waals surface area contributed by atoms with Gasteiger partial charge in [0, 0.05) is 6.42 Å². The predicted molar refractivity (Wildman–Crippen MR) is 125 cm³/mol. The Labute approximate surface area is 183 Å². The first-order valence-corrected chi connectivity index (χ1v) is 10.7. The minimum Gasteiger partial charge on any atom is -0.465 e. The van der Waals surface area contributed by atoms with E-state index < -0.39 is 0 Å². The van der Waals surface area contributed by atoms with Crippen LogP contribution in [0, 0.1) is 13.8 Å². The molecule has 0 radical (unpaired) electrons. The molecule has 0 unspecified atom stereocenters. The van der Waals surface area contributed by atoms with Crippen LogP contribution in [0.3, 0.4) is 0 Å². The van der Waals surface area contributed by atoms with E-state index in [-0.39, 0.29) is 5.97 Å². The lowest BCUT2D eigenvalue weighted by molar-refractivity contribution is 0.0600. The van der Waals surface area contributed by atoms with E-state index in [1.807, 2.05) is 24.3 Å². The molecule has 0 saturated carbocycles. The molecule has 0 amide bonds. The fourth-order valence-corrected chi connectivity index (χ4v) is 4.03. The van der Waals surface area contributed by atoms with Crippen molar-refractivity contribution < 1.29 is 9.53 Å². The molecule has 4 nitrogen and oxygen atoms in total. The topological polar surface area (TPSA) is 55.0 Å². The molecule has 1 heterocycles. The molecule has 31 heavy (non-hydrogen) atoms. The number of carbonyl (C=O) groups excluding carboxylic acids is 1. The van der Waals surface area contributed by atoms with Crippen molar-refractivity contribution in [1.82, 2.24) is 9.97 Å². The average molecular weight is 413 g/mol. The van der Waals surface area contributed by atoms with Gasteiger partial charge in [0.15, 0.2) is 0 Å². The fraction of sp³-hybridized carbons (Fsp3) is 0.259. The second-order valence-electron chi connectivity index (χ2n) is 8.08. The van der Waals surface area contributed by atoms with Crippen molar-refractivity contribution in [1.29, 1.82) is 0 Å². The Bertz CT molecular complexity index is 1190. The van der Waals surface area contributed by atoms with Crippen LogP contribution in [0.15, 0.2) is 60.7 Å². The molecule has 0 spiro atoms. The molecular weight excluding hydrogens is 384 g/mol. The first-order valence-electron chi connectivity index (χ1n) is 10.7. The van der Waals surface area contributed by atoms with E-state index in [0.717, 1.165) is 48.1 Å². The Balaban J connectivity index is 1.56. The molecule has 0 atom stereocenters. The molecule has 0 aliphatic heterocycles. The molecule has 1 N–H and O–H groups in total. The zero-order valence-electron chi connectivity index (χ0n) is 18.4. The molecule has 0 fully saturated rings. The number of ether oxygens (including phenoxy) is 1. The molecule has 4 aromatic rings. The summed E-state index contributed by atoms with van der Waals surface area (Å²) in [5.74, 6) is 0.728. The van der Waals surface area contributed by atoms with Crippen molar-refractivity contribution in [2.75, 3.05) is 7.11 Å². The molecule has 0 aliphatic carbocycles. The lowest BCUT2D eigenvalue weighted by Crippen LogP contribution is -2.01. The largest absolute Gasteiger partial charge is 0.465 e. The number of rotatable bonds is 7. The minimum absolute atomic E-state index is 0.312. The van der Waals surface area contributed by atoms with Crippen LogP contribution in [0.5, 0.6) is 0 Å². The maximum Gasteiger partial charge on any atom is 0.337 e. The van der Waals surface area contributed by atoms with E-state index in [1.165, 1.54) is 29.4 Å². The van der Waals surface area contributed by atoms with Gasteiger partial charge in [0.25, 0.3) is 0 Å². The number of hydrogen-bond donors (Lipinski definition) is 1. The van der Waals surface area contributed by atoms with Gasteiger partial charge < -0.3 is 9.72 Å². The third-order valence-corrected chi connectivity index (χ3v) is 5.95. The summed E-state index contributed by atoms with van der Waals surface area (Å²) in [5.41, 5.74) is 9.00. The maximum atomic E-state index is 11.7. The zero-order valence-corrected chi connectivity index (χ0v) is 18.4. The predicted octanol–water partition coefficient (Wildman–Crippen LogP) is 5.73. The molecule has 0 bridgehead atoms. The zero-order chi connectivity index (χ0) is 21.8. The average Bonchev–Trinajstić information content (AvgIpc) is 3.19. The van der Waals surface area contributed by atoms with Crippen LogP contribution in [0.2, 0.25) is 0 Å². The van der Waals surface area contributed by atoms with Crippen LogP contribution in [0.1, 0.15) is 50.4 Å². The number of benzene rings is 3. The normalized spacial score (nSPS) is 11.1. The van der Waals surface area contributed by atoms with E-state index in [2.05, 4.69) is 55.2 Å². The van der Waals surface area contributed by atoms with Crippen molar-refractivity contribution in [3.63, 3.8) is 0 Å². The summed E-state index contributed by atoms with van der Waals surface area (Å²) in [6.07, 6.45) is 3.82. The molecule has 0 aliphatic rings. The van der Waals surface area contributed by atoms with Crippen LogP contribution < -0.4 is 0 Å². The number of aromatic nitrogens is 2. The first kappa shape index (κ1) is 20.9. The number of aryl methyl sites for hydroxylation is 3. The minimum atomic E-state index is -0.312. The SMILES string of the molecule is COC(=O)c1ccc(Cc2c(C)c(C)cc3[nH]c(CCCc4ccccc4)nc23)cc1. The highest BCUT2D eigenvalue weighted by Crippen LogP contribution is 2.27. The highest BCUT2D eigenvalue weighted by Gasteiger charge is 2.14. The van der Waals surface area contributed by atoms with E-state index in [0.29, 0.717) is 5.56 Å². The standard InChI is InChI=1S/C27H28N2O2/c1-18-16-24-26(29-25(28-24)11-7-10-20-8-5-4-6-9-20)23(19(18)2)17-21-12-14-22(15-13-21)27(30)31-3/h4-6,8-9,12-16H,7,10-11,17H2,1-3H3,(H,28,29). The summed E-state index contributed by atoms with van der Waals surface area (Å²) < 4.78 is 4.80. The number of esters is 1. The molecule has 1 aromatic heterocycles. The number of H-pyrrole nitrogens is 1. The lowest BCUT2D eigenvalue weighted by Gasteiger charge is -2.10. The Morgan fingerprint density at radius 3 is 2.42 bits per heavy atom. The van der Waals surface area contributed by atoms with Crippen molar-refractivity contribution >= 4 is 17.0 Å². The third-order valence-electron chi connectivity index (χ3n) is 5.95. The summed E-state index contributed by atoms with van der Waals surface area (Å²) >= 11 is 0.